The van der Waals surface area contributed by atoms with Gasteiger partial charge in [-0.1, -0.05) is 25.5 Å². The minimum absolute atomic E-state index is 0. The summed E-state index contributed by atoms with van der Waals surface area (Å²) >= 11 is 0. The summed E-state index contributed by atoms with van der Waals surface area (Å²) in [5.41, 5.74) is 2.45. The molecule has 31 heavy (non-hydrogen) atoms. The van der Waals surface area contributed by atoms with Gasteiger partial charge in [-0.15, -0.1) is 0 Å². The Morgan fingerprint density at radius 1 is 1.35 bits per heavy atom. The summed E-state index contributed by atoms with van der Waals surface area (Å²) in [5.74, 6) is 0.974. The van der Waals surface area contributed by atoms with Crippen molar-refractivity contribution in [1.29, 1.82) is 5.26 Å². The van der Waals surface area contributed by atoms with Gasteiger partial charge in [0.25, 0.3) is 5.91 Å². The minimum atomic E-state index is -0.0315. The van der Waals surface area contributed by atoms with Gasteiger partial charge in [0, 0.05) is 46.0 Å². The Hall–Kier alpha value is -2.98. The van der Waals surface area contributed by atoms with Crippen molar-refractivity contribution < 1.29 is 11.0 Å². The summed E-state index contributed by atoms with van der Waals surface area (Å²) in [6.45, 7) is 6.38. The molecule has 1 saturated heterocycles. The first-order valence-electron chi connectivity index (χ1n) is 11.0. The van der Waals surface area contributed by atoms with Crippen molar-refractivity contribution in [3.05, 3.63) is 41.6 Å². The lowest BCUT2D eigenvalue weighted by Crippen LogP contribution is -2.45. The molecule has 2 heterocycles. The number of likely N-dealkylation sites (tertiary alicyclic amines) is 1. The van der Waals surface area contributed by atoms with Crippen LogP contribution in [0.1, 0.15) is 56.9 Å². The summed E-state index contributed by atoms with van der Waals surface area (Å²) in [5, 5.41) is 12.3. The highest BCUT2D eigenvalue weighted by Gasteiger charge is 2.30. The quantitative estimate of drug-likeness (QED) is 0.634. The number of hydrogen-bond donors (Lipinski definition) is 1. The summed E-state index contributed by atoms with van der Waals surface area (Å²) in [7, 11) is 1.67. The van der Waals surface area contributed by atoms with Crippen LogP contribution in [0.4, 0.5) is 5.95 Å². The molecule has 1 N–H and O–H groups in total. The molecule has 1 amide bonds. The van der Waals surface area contributed by atoms with Gasteiger partial charge in [0.1, 0.15) is 0 Å². The van der Waals surface area contributed by atoms with E-state index < -0.39 is 0 Å². The van der Waals surface area contributed by atoms with Gasteiger partial charge in [-0.25, -0.2) is 9.97 Å². The van der Waals surface area contributed by atoms with Crippen LogP contribution in [0.15, 0.2) is 30.5 Å². The fraction of sp³-hybridized carbons (Fsp3) is 0.500. The van der Waals surface area contributed by atoms with E-state index in [9.17, 15) is 4.79 Å². The van der Waals surface area contributed by atoms with E-state index in [0.717, 1.165) is 37.8 Å². The average molecular weight is 424 g/mol. The van der Waals surface area contributed by atoms with Gasteiger partial charge in [0.15, 0.2) is 0 Å². The predicted molar refractivity (Wildman–Crippen MR) is 123 cm³/mol. The van der Waals surface area contributed by atoms with Crippen LogP contribution in [-0.2, 0) is 4.74 Å². The lowest BCUT2D eigenvalue weighted by Gasteiger charge is -2.38. The van der Waals surface area contributed by atoms with Crippen LogP contribution < -0.4 is 5.32 Å². The number of carbonyl (C=O) groups is 1. The van der Waals surface area contributed by atoms with Gasteiger partial charge >= 0.3 is 0 Å². The number of benzene rings is 1. The summed E-state index contributed by atoms with van der Waals surface area (Å²) in [6, 6.07) is 9.48. The fourth-order valence-electron chi connectivity index (χ4n) is 3.92. The van der Waals surface area contributed by atoms with Crippen molar-refractivity contribution in [3.8, 4) is 17.3 Å². The lowest BCUT2D eigenvalue weighted by molar-refractivity contribution is 0.0556. The normalized spacial score (nSPS) is 18.5. The van der Waals surface area contributed by atoms with Gasteiger partial charge in [-0.05, 0) is 44.2 Å². The van der Waals surface area contributed by atoms with E-state index in [4.69, 9.17) is 10.00 Å². The Balaban J connectivity index is 0.00000363. The molecule has 0 radical (unpaired) electrons. The van der Waals surface area contributed by atoms with Crippen LogP contribution in [0.25, 0.3) is 11.3 Å². The number of ether oxygens (including phenoxy) is 1. The number of nitrogens with one attached hydrogen (secondary N) is 1. The second kappa shape index (κ2) is 10.9. The topological polar surface area (TPSA) is 91.1 Å². The molecule has 1 aromatic heterocycles. The predicted octanol–water partition coefficient (Wildman–Crippen LogP) is 4.36. The first-order valence-corrected chi connectivity index (χ1v) is 11.0. The Bertz CT molecular complexity index is 929. The van der Waals surface area contributed by atoms with Gasteiger partial charge in [-0.2, -0.15) is 5.26 Å². The molecule has 0 aliphatic carbocycles. The molecule has 7 nitrogen and oxygen atoms in total. The number of nitrogens with zero attached hydrogens (tertiary/aromatic N) is 4. The van der Waals surface area contributed by atoms with E-state index in [-0.39, 0.29) is 13.4 Å². The zero-order valence-electron chi connectivity index (χ0n) is 18.6. The number of aromatic nitrogens is 2. The van der Waals surface area contributed by atoms with Crippen molar-refractivity contribution in [3.63, 3.8) is 0 Å². The molecule has 2 aromatic rings. The zero-order chi connectivity index (χ0) is 22.2. The minimum Gasteiger partial charge on any atom is -0.385 e. The number of methoxy groups -OCH3 is 1. The molecule has 1 aliphatic rings. The van der Waals surface area contributed by atoms with Crippen LogP contribution in [0.3, 0.4) is 0 Å². The monoisotopic (exact) mass is 423 g/mol. The second-order valence-electron chi connectivity index (χ2n) is 8.08. The van der Waals surface area contributed by atoms with Crippen LogP contribution >= 0.6 is 0 Å². The van der Waals surface area contributed by atoms with Crippen LogP contribution in [-0.4, -0.2) is 53.6 Å². The average Bonchev–Trinajstić information content (AvgIpc) is 2.81. The standard InChI is InChI=1S/C24H31N5O2.H2/c1-4-18-7-6-17(2)29(16-18)23(30)21-15-27-24(26-12-5-13-31-3)28-22(21)20-10-8-19(14-25)9-11-20;/h8-11,15,17-18H,4-7,12-13,16H2,1-3H3,(H,26,27,28);1H. The number of nitriles is 1. The molecule has 1 aliphatic heterocycles. The Kier molecular flexibility index (Phi) is 7.96. The van der Waals surface area contributed by atoms with E-state index in [1.807, 2.05) is 17.0 Å². The van der Waals surface area contributed by atoms with E-state index in [1.165, 1.54) is 0 Å². The van der Waals surface area contributed by atoms with Gasteiger partial charge in [0.2, 0.25) is 5.95 Å². The molecule has 0 spiro atoms. The zero-order valence-corrected chi connectivity index (χ0v) is 18.6. The number of rotatable bonds is 8. The molecule has 166 valence electrons. The van der Waals surface area contributed by atoms with E-state index in [2.05, 4.69) is 35.2 Å². The van der Waals surface area contributed by atoms with E-state index in [1.54, 1.807) is 25.4 Å². The Morgan fingerprint density at radius 2 is 2.13 bits per heavy atom. The van der Waals surface area contributed by atoms with Crippen molar-refractivity contribution >= 4 is 11.9 Å². The van der Waals surface area contributed by atoms with Crippen molar-refractivity contribution in [2.75, 3.05) is 32.1 Å². The number of piperidine rings is 1. The molecule has 0 bridgehead atoms. The smallest absolute Gasteiger partial charge is 0.257 e. The second-order valence-corrected chi connectivity index (χ2v) is 8.08. The highest BCUT2D eigenvalue weighted by Crippen LogP contribution is 2.29. The highest BCUT2D eigenvalue weighted by molar-refractivity contribution is 6.00. The molecule has 0 saturated carbocycles. The Labute approximate surface area is 185 Å². The van der Waals surface area contributed by atoms with E-state index in [0.29, 0.717) is 41.8 Å². The van der Waals surface area contributed by atoms with Gasteiger partial charge in [0.05, 0.1) is 22.9 Å². The van der Waals surface area contributed by atoms with Crippen LogP contribution in [0.5, 0.6) is 0 Å². The molecule has 1 fully saturated rings. The molecule has 2 unspecified atom stereocenters. The van der Waals surface area contributed by atoms with Crippen molar-refractivity contribution in [2.45, 2.75) is 45.6 Å². The number of anilines is 1. The molecule has 7 heteroatoms. The molecule has 1 aromatic carbocycles. The number of hydrogen-bond acceptors (Lipinski definition) is 6. The maximum atomic E-state index is 13.6. The van der Waals surface area contributed by atoms with Crippen LogP contribution in [0.2, 0.25) is 0 Å². The molecular formula is C24H33N5O2. The van der Waals surface area contributed by atoms with Crippen molar-refractivity contribution in [2.24, 2.45) is 5.92 Å². The fourth-order valence-corrected chi connectivity index (χ4v) is 3.92. The molecule has 3 rings (SSSR count). The maximum Gasteiger partial charge on any atom is 0.257 e. The van der Waals surface area contributed by atoms with Gasteiger partial charge in [-0.3, -0.25) is 4.79 Å². The lowest BCUT2D eigenvalue weighted by atomic mass is 9.91. The number of amides is 1. The third-order valence-corrected chi connectivity index (χ3v) is 5.93. The summed E-state index contributed by atoms with van der Waals surface area (Å²) in [6.07, 6.45) is 5.70. The van der Waals surface area contributed by atoms with Crippen LogP contribution in [0, 0.1) is 17.2 Å². The van der Waals surface area contributed by atoms with E-state index >= 15 is 0 Å². The highest BCUT2D eigenvalue weighted by atomic mass is 16.5. The molecular weight excluding hydrogens is 390 g/mol. The van der Waals surface area contributed by atoms with Gasteiger partial charge < -0.3 is 15.0 Å². The summed E-state index contributed by atoms with van der Waals surface area (Å²) in [4.78, 5) is 24.6. The SMILES string of the molecule is CCC1CCC(C)N(C(=O)c2cnc(NCCCOC)nc2-c2ccc(C#N)cc2)C1.[HH]. The molecule has 2 atom stereocenters. The summed E-state index contributed by atoms with van der Waals surface area (Å²) < 4.78 is 5.08. The first-order chi connectivity index (χ1) is 15.1. The number of carbonyl (C=O) groups excluding carboxylic acids is 1. The third kappa shape index (κ3) is 5.59. The third-order valence-electron chi connectivity index (χ3n) is 5.93. The van der Waals surface area contributed by atoms with Crippen molar-refractivity contribution in [1.82, 2.24) is 14.9 Å². The largest absolute Gasteiger partial charge is 0.385 e. The first kappa shape index (κ1) is 22.7. The maximum absolute atomic E-state index is 13.6. The Morgan fingerprint density at radius 3 is 2.81 bits per heavy atom.